The summed E-state index contributed by atoms with van der Waals surface area (Å²) in [5, 5.41) is 2.55. The van der Waals surface area contributed by atoms with Crippen LogP contribution in [0.25, 0.3) is 49.7 Å². The third-order valence-corrected chi connectivity index (χ3v) is 9.53. The van der Waals surface area contributed by atoms with E-state index in [1.165, 1.54) is 72.2 Å². The Morgan fingerprint density at radius 3 is 1.95 bits per heavy atom. The van der Waals surface area contributed by atoms with Gasteiger partial charge >= 0.3 is 0 Å². The monoisotopic (exact) mass is 568 g/mol. The Bertz CT molecular complexity index is 2160. The highest BCUT2D eigenvalue weighted by Gasteiger charge is 2.35. The van der Waals surface area contributed by atoms with Crippen LogP contribution in [-0.2, 0) is 5.41 Å². The van der Waals surface area contributed by atoms with Gasteiger partial charge in [0.05, 0.1) is 11.0 Å². The molecule has 0 saturated carbocycles. The van der Waals surface area contributed by atoms with Gasteiger partial charge in [-0.25, -0.2) is 0 Å². The zero-order valence-electron chi connectivity index (χ0n) is 25.8. The second-order valence-electron chi connectivity index (χ2n) is 12.8. The fourth-order valence-electron chi connectivity index (χ4n) is 7.41. The van der Waals surface area contributed by atoms with Crippen molar-refractivity contribution in [2.45, 2.75) is 39.2 Å². The number of anilines is 2. The molecule has 2 heteroatoms. The number of fused-ring (bicyclic) bond motifs is 6. The second-order valence-corrected chi connectivity index (χ2v) is 12.8. The van der Waals surface area contributed by atoms with Gasteiger partial charge in [-0.1, -0.05) is 98.8 Å². The molecule has 0 saturated heterocycles. The van der Waals surface area contributed by atoms with Crippen LogP contribution in [0.4, 0.5) is 11.4 Å². The molecule has 1 heterocycles. The van der Waals surface area contributed by atoms with Crippen molar-refractivity contribution in [2.75, 3.05) is 4.90 Å². The molecule has 0 bridgehead atoms. The molecule has 1 aromatic heterocycles. The van der Waals surface area contributed by atoms with Crippen LogP contribution in [0.5, 0.6) is 0 Å². The molecule has 0 fully saturated rings. The van der Waals surface area contributed by atoms with Gasteiger partial charge in [0, 0.05) is 39.3 Å². The quantitative estimate of drug-likeness (QED) is 0.200. The molecule has 6 aromatic carbocycles. The highest BCUT2D eigenvalue weighted by Crippen LogP contribution is 2.50. The summed E-state index contributed by atoms with van der Waals surface area (Å²) in [6, 6.07) is 51.6. The number of hydrogen-bond acceptors (Lipinski definition) is 1. The van der Waals surface area contributed by atoms with Gasteiger partial charge in [-0.3, -0.25) is 0 Å². The van der Waals surface area contributed by atoms with Gasteiger partial charge in [-0.2, -0.15) is 0 Å². The lowest BCUT2D eigenvalue weighted by Gasteiger charge is -2.31. The smallest absolute Gasteiger partial charge is 0.0541 e. The van der Waals surface area contributed by atoms with Crippen LogP contribution in [0.1, 0.15) is 38.8 Å². The van der Waals surface area contributed by atoms with E-state index in [0.717, 1.165) is 0 Å². The molecule has 2 nitrogen and oxygen atoms in total. The zero-order valence-corrected chi connectivity index (χ0v) is 25.8. The summed E-state index contributed by atoms with van der Waals surface area (Å²) in [5.74, 6) is 0. The van der Waals surface area contributed by atoms with Crippen molar-refractivity contribution in [3.05, 3.63) is 151 Å². The van der Waals surface area contributed by atoms with E-state index in [-0.39, 0.29) is 5.41 Å². The lowest BCUT2D eigenvalue weighted by Crippen LogP contribution is -2.26. The molecule has 44 heavy (non-hydrogen) atoms. The lowest BCUT2D eigenvalue weighted by molar-refractivity contribution is 0.659. The molecule has 0 spiro atoms. The molecule has 0 aliphatic heterocycles. The predicted molar refractivity (Wildman–Crippen MR) is 187 cm³/mol. The van der Waals surface area contributed by atoms with Crippen molar-refractivity contribution in [2.24, 2.45) is 0 Å². The van der Waals surface area contributed by atoms with Crippen LogP contribution in [0.15, 0.2) is 140 Å². The largest absolute Gasteiger partial charge is 0.339 e. The van der Waals surface area contributed by atoms with Crippen molar-refractivity contribution in [1.82, 2.24) is 4.57 Å². The van der Waals surface area contributed by atoms with E-state index in [0.29, 0.717) is 6.04 Å². The predicted octanol–water partition coefficient (Wildman–Crippen LogP) is 11.3. The Balaban J connectivity index is 1.17. The molecule has 0 radical (unpaired) electrons. The van der Waals surface area contributed by atoms with Crippen LogP contribution in [-0.4, -0.2) is 10.6 Å². The minimum Gasteiger partial charge on any atom is -0.339 e. The number of benzene rings is 6. The first kappa shape index (κ1) is 26.5. The Kier molecular flexibility index (Phi) is 6.03. The van der Waals surface area contributed by atoms with Crippen molar-refractivity contribution in [3.8, 4) is 27.9 Å². The fraction of sp³-hybridized carbons (Fsp3) is 0.143. The van der Waals surface area contributed by atoms with E-state index < -0.39 is 0 Å². The van der Waals surface area contributed by atoms with E-state index in [1.807, 2.05) is 0 Å². The average Bonchev–Trinajstić information content (AvgIpc) is 3.50. The number of para-hydroxylation sites is 2. The summed E-state index contributed by atoms with van der Waals surface area (Å²) in [6.07, 6.45) is 0. The topological polar surface area (TPSA) is 8.17 Å². The van der Waals surface area contributed by atoms with Crippen LogP contribution >= 0.6 is 0 Å². The molecule has 7 aromatic rings. The van der Waals surface area contributed by atoms with Crippen LogP contribution in [0.2, 0.25) is 0 Å². The number of hydrogen-bond donors (Lipinski definition) is 0. The third-order valence-electron chi connectivity index (χ3n) is 9.53. The van der Waals surface area contributed by atoms with Gasteiger partial charge in [-0.05, 0) is 102 Å². The summed E-state index contributed by atoms with van der Waals surface area (Å²) < 4.78 is 2.37. The van der Waals surface area contributed by atoms with Crippen LogP contribution < -0.4 is 4.90 Å². The molecule has 0 amide bonds. The molecule has 0 atom stereocenters. The van der Waals surface area contributed by atoms with Crippen molar-refractivity contribution < 1.29 is 0 Å². The standard InChI is InChI=1S/C42H36N2/c1-28(2)43(33-23-24-35-34-14-8-10-16-38(34)42(3,4)39(35)27-33)32-21-18-29(19-22-32)30-20-25-41-37(26-30)36-15-9-11-17-40(36)44(41)31-12-6-5-7-13-31/h5-28H,1-4H3. The van der Waals surface area contributed by atoms with Crippen molar-refractivity contribution in [3.63, 3.8) is 0 Å². The molecule has 0 N–H and O–H groups in total. The molecule has 1 aliphatic carbocycles. The molecule has 0 unspecified atom stereocenters. The Labute approximate surface area is 259 Å². The summed E-state index contributed by atoms with van der Waals surface area (Å²) in [6.45, 7) is 9.25. The summed E-state index contributed by atoms with van der Waals surface area (Å²) in [5.41, 5.74) is 14.1. The van der Waals surface area contributed by atoms with Crippen LogP contribution in [0, 0.1) is 0 Å². The summed E-state index contributed by atoms with van der Waals surface area (Å²) >= 11 is 0. The highest BCUT2D eigenvalue weighted by atomic mass is 15.2. The normalized spacial score (nSPS) is 13.4. The van der Waals surface area contributed by atoms with Crippen molar-refractivity contribution >= 4 is 33.2 Å². The first-order chi connectivity index (χ1) is 21.4. The Morgan fingerprint density at radius 1 is 0.523 bits per heavy atom. The lowest BCUT2D eigenvalue weighted by atomic mass is 9.82. The van der Waals surface area contributed by atoms with E-state index in [2.05, 4.69) is 177 Å². The van der Waals surface area contributed by atoms with Gasteiger partial charge in [0.25, 0.3) is 0 Å². The second kappa shape index (κ2) is 9.99. The van der Waals surface area contributed by atoms with Gasteiger partial charge in [0.2, 0.25) is 0 Å². The van der Waals surface area contributed by atoms with Gasteiger partial charge < -0.3 is 9.47 Å². The molecular formula is C42H36N2. The molecule has 8 rings (SSSR count). The molecular weight excluding hydrogens is 532 g/mol. The number of nitrogens with zero attached hydrogens (tertiary/aromatic N) is 2. The maximum Gasteiger partial charge on any atom is 0.0541 e. The van der Waals surface area contributed by atoms with E-state index in [1.54, 1.807) is 0 Å². The van der Waals surface area contributed by atoms with E-state index in [4.69, 9.17) is 0 Å². The Morgan fingerprint density at radius 2 is 1.16 bits per heavy atom. The van der Waals surface area contributed by atoms with Crippen LogP contribution in [0.3, 0.4) is 0 Å². The SMILES string of the molecule is CC(C)N(c1ccc(-c2ccc3c(c2)c2ccccc2n3-c2ccccc2)cc1)c1ccc2c(c1)C(C)(C)c1ccccc1-2. The van der Waals surface area contributed by atoms with Crippen molar-refractivity contribution in [1.29, 1.82) is 0 Å². The van der Waals surface area contributed by atoms with Gasteiger partial charge in [0.1, 0.15) is 0 Å². The average molecular weight is 569 g/mol. The highest BCUT2D eigenvalue weighted by molar-refractivity contribution is 6.10. The molecule has 1 aliphatic rings. The maximum absolute atomic E-state index is 2.46. The molecule has 214 valence electrons. The maximum atomic E-state index is 2.46. The first-order valence-corrected chi connectivity index (χ1v) is 15.6. The minimum atomic E-state index is -0.0171. The zero-order chi connectivity index (χ0) is 30.0. The minimum absolute atomic E-state index is 0.0171. The number of aromatic nitrogens is 1. The first-order valence-electron chi connectivity index (χ1n) is 15.6. The van der Waals surface area contributed by atoms with Gasteiger partial charge in [-0.15, -0.1) is 0 Å². The fourth-order valence-corrected chi connectivity index (χ4v) is 7.41. The summed E-state index contributed by atoms with van der Waals surface area (Å²) in [7, 11) is 0. The number of rotatable bonds is 5. The third kappa shape index (κ3) is 4.02. The van der Waals surface area contributed by atoms with E-state index in [9.17, 15) is 0 Å². The van der Waals surface area contributed by atoms with Gasteiger partial charge in [0.15, 0.2) is 0 Å². The van der Waals surface area contributed by atoms with E-state index >= 15 is 0 Å². The Hall–Kier alpha value is -5.08. The summed E-state index contributed by atoms with van der Waals surface area (Å²) in [4.78, 5) is 2.46.